The topological polar surface area (TPSA) is 95.9 Å². The van der Waals surface area contributed by atoms with Crippen molar-refractivity contribution in [3.63, 3.8) is 0 Å². The largest absolute Gasteiger partial charge is 0.466 e. The fourth-order valence-corrected chi connectivity index (χ4v) is 9.05. The monoisotopic (exact) mass is 878 g/mol. The number of esters is 1. The first kappa shape index (κ1) is 60.9. The SMILES string of the molecule is CCCCCCCCCCCCCCCCCCCCC(=O)OCCCCCCCCCCCCCCCCCCCCC(=O)NC(CO)C(O)CCCCCCCCCCC. The van der Waals surface area contributed by atoms with E-state index in [0.29, 0.717) is 25.9 Å². The molecular formula is C56H111NO5. The van der Waals surface area contributed by atoms with Crippen LogP contribution in [0.3, 0.4) is 0 Å². The van der Waals surface area contributed by atoms with Crippen LogP contribution in [0.4, 0.5) is 0 Å². The minimum Gasteiger partial charge on any atom is -0.466 e. The van der Waals surface area contributed by atoms with Crippen LogP contribution in [-0.2, 0) is 14.3 Å². The number of unbranched alkanes of at least 4 members (excludes halogenated alkanes) is 42. The Morgan fingerprint density at radius 1 is 0.387 bits per heavy atom. The Bertz CT molecular complexity index is 882. The van der Waals surface area contributed by atoms with Crippen LogP contribution in [0.5, 0.6) is 0 Å². The number of carbonyl (C=O) groups is 2. The molecule has 0 aliphatic heterocycles. The maximum Gasteiger partial charge on any atom is 0.305 e. The second kappa shape index (κ2) is 52.5. The van der Waals surface area contributed by atoms with Gasteiger partial charge in [-0.3, -0.25) is 9.59 Å². The number of hydrogen-bond donors (Lipinski definition) is 3. The molecule has 6 nitrogen and oxygen atoms in total. The predicted octanol–water partition coefficient (Wildman–Crippen LogP) is 17.1. The van der Waals surface area contributed by atoms with E-state index in [1.54, 1.807) is 0 Å². The Morgan fingerprint density at radius 3 is 0.984 bits per heavy atom. The molecule has 0 spiro atoms. The molecule has 0 bridgehead atoms. The summed E-state index contributed by atoms with van der Waals surface area (Å²) < 4.78 is 5.49. The third-order valence-electron chi connectivity index (χ3n) is 13.4. The number of aliphatic hydroxyl groups is 2. The standard InChI is InChI=1S/C56H111NO5/c1-3-5-7-9-11-13-14-15-16-17-21-24-27-30-34-38-42-46-50-56(61)62-51-47-43-39-35-31-28-25-22-19-18-20-23-26-29-33-37-41-45-49-55(60)57-53(52-58)54(59)48-44-40-36-32-12-10-8-6-4-2/h53-54,58-59H,3-52H2,1-2H3,(H,57,60). The fourth-order valence-electron chi connectivity index (χ4n) is 9.05. The van der Waals surface area contributed by atoms with E-state index in [0.717, 1.165) is 38.5 Å². The van der Waals surface area contributed by atoms with Gasteiger partial charge in [0.25, 0.3) is 0 Å². The van der Waals surface area contributed by atoms with Gasteiger partial charge in [0.15, 0.2) is 0 Å². The lowest BCUT2D eigenvalue weighted by Crippen LogP contribution is -2.45. The number of carbonyl (C=O) groups excluding carboxylic acids is 2. The molecule has 0 fully saturated rings. The molecule has 370 valence electrons. The lowest BCUT2D eigenvalue weighted by Gasteiger charge is -2.22. The third-order valence-corrected chi connectivity index (χ3v) is 13.4. The van der Waals surface area contributed by atoms with Crippen molar-refractivity contribution in [3.05, 3.63) is 0 Å². The van der Waals surface area contributed by atoms with Crippen molar-refractivity contribution in [2.45, 2.75) is 334 Å². The van der Waals surface area contributed by atoms with Crippen LogP contribution in [0, 0.1) is 0 Å². The highest BCUT2D eigenvalue weighted by atomic mass is 16.5. The predicted molar refractivity (Wildman–Crippen MR) is 269 cm³/mol. The van der Waals surface area contributed by atoms with Crippen LogP contribution >= 0.6 is 0 Å². The van der Waals surface area contributed by atoms with E-state index in [1.807, 2.05) is 0 Å². The van der Waals surface area contributed by atoms with Crippen LogP contribution in [0.1, 0.15) is 322 Å². The van der Waals surface area contributed by atoms with Crippen molar-refractivity contribution in [1.82, 2.24) is 5.32 Å². The zero-order valence-electron chi connectivity index (χ0n) is 42.1. The molecule has 62 heavy (non-hydrogen) atoms. The molecule has 2 atom stereocenters. The summed E-state index contributed by atoms with van der Waals surface area (Å²) >= 11 is 0. The van der Waals surface area contributed by atoms with Crippen molar-refractivity contribution in [2.75, 3.05) is 13.2 Å². The summed E-state index contributed by atoms with van der Waals surface area (Å²) in [5.41, 5.74) is 0. The molecule has 0 aliphatic carbocycles. The minimum atomic E-state index is -0.663. The van der Waals surface area contributed by atoms with Crippen molar-refractivity contribution >= 4 is 11.9 Å². The van der Waals surface area contributed by atoms with Crippen molar-refractivity contribution in [2.24, 2.45) is 0 Å². The number of rotatable bonds is 53. The summed E-state index contributed by atoms with van der Waals surface area (Å²) in [5.74, 6) is -0.0276. The summed E-state index contributed by atoms with van der Waals surface area (Å²) in [5, 5.41) is 23.1. The summed E-state index contributed by atoms with van der Waals surface area (Å²) in [6, 6.07) is -0.541. The zero-order valence-corrected chi connectivity index (χ0v) is 42.1. The van der Waals surface area contributed by atoms with Crippen molar-refractivity contribution < 1.29 is 24.5 Å². The molecule has 0 radical (unpaired) electrons. The van der Waals surface area contributed by atoms with Gasteiger partial charge in [0.1, 0.15) is 0 Å². The maximum absolute atomic E-state index is 12.4. The van der Waals surface area contributed by atoms with Crippen LogP contribution < -0.4 is 5.32 Å². The zero-order chi connectivity index (χ0) is 45.1. The van der Waals surface area contributed by atoms with Gasteiger partial charge in [-0.1, -0.05) is 284 Å². The summed E-state index contributed by atoms with van der Waals surface area (Å²) in [7, 11) is 0. The van der Waals surface area contributed by atoms with Gasteiger partial charge in [-0.2, -0.15) is 0 Å². The van der Waals surface area contributed by atoms with Gasteiger partial charge >= 0.3 is 5.97 Å². The van der Waals surface area contributed by atoms with Gasteiger partial charge < -0.3 is 20.3 Å². The Labute approximate surface area is 387 Å². The number of hydrogen-bond acceptors (Lipinski definition) is 5. The van der Waals surface area contributed by atoms with E-state index in [1.165, 1.54) is 250 Å². The molecule has 0 rings (SSSR count). The van der Waals surface area contributed by atoms with Gasteiger partial charge in [0.05, 0.1) is 25.4 Å². The van der Waals surface area contributed by atoms with Crippen LogP contribution in [0.25, 0.3) is 0 Å². The average molecular weight is 879 g/mol. The lowest BCUT2D eigenvalue weighted by atomic mass is 10.0. The Balaban J connectivity index is 3.34. The van der Waals surface area contributed by atoms with Gasteiger partial charge in [-0.15, -0.1) is 0 Å². The van der Waals surface area contributed by atoms with Crippen LogP contribution in [0.15, 0.2) is 0 Å². The molecule has 1 amide bonds. The van der Waals surface area contributed by atoms with Gasteiger partial charge in [-0.05, 0) is 25.7 Å². The van der Waals surface area contributed by atoms with Crippen LogP contribution in [-0.4, -0.2) is 47.4 Å². The molecule has 2 unspecified atom stereocenters. The number of amides is 1. The molecule has 0 aromatic carbocycles. The number of aliphatic hydroxyl groups excluding tert-OH is 2. The second-order valence-corrected chi connectivity index (χ2v) is 19.6. The normalized spacial score (nSPS) is 12.5. The molecule has 0 aromatic rings. The lowest BCUT2D eigenvalue weighted by molar-refractivity contribution is -0.143. The van der Waals surface area contributed by atoms with Crippen LogP contribution in [0.2, 0.25) is 0 Å². The highest BCUT2D eigenvalue weighted by molar-refractivity contribution is 5.76. The van der Waals surface area contributed by atoms with Gasteiger partial charge in [0.2, 0.25) is 5.91 Å². The molecule has 0 saturated heterocycles. The summed E-state index contributed by atoms with van der Waals surface area (Å²) in [6.07, 6.45) is 59.6. The number of nitrogens with one attached hydrogen (secondary N) is 1. The number of ether oxygens (including phenoxy) is 1. The second-order valence-electron chi connectivity index (χ2n) is 19.6. The third kappa shape index (κ3) is 48.3. The van der Waals surface area contributed by atoms with E-state index in [9.17, 15) is 19.8 Å². The Kier molecular flexibility index (Phi) is 51.5. The molecule has 6 heteroatoms. The average Bonchev–Trinajstić information content (AvgIpc) is 3.27. The smallest absolute Gasteiger partial charge is 0.305 e. The Hall–Kier alpha value is -1.14. The molecule has 0 saturated carbocycles. The summed E-state index contributed by atoms with van der Waals surface area (Å²) in [6.45, 7) is 4.95. The fraction of sp³-hybridized carbons (Fsp3) is 0.964. The van der Waals surface area contributed by atoms with E-state index in [4.69, 9.17) is 4.74 Å². The summed E-state index contributed by atoms with van der Waals surface area (Å²) in [4.78, 5) is 24.5. The first-order valence-electron chi connectivity index (χ1n) is 28.3. The molecule has 0 aromatic heterocycles. The van der Waals surface area contributed by atoms with E-state index >= 15 is 0 Å². The Morgan fingerprint density at radius 2 is 0.661 bits per heavy atom. The highest BCUT2D eigenvalue weighted by Crippen LogP contribution is 2.18. The molecule has 3 N–H and O–H groups in total. The van der Waals surface area contributed by atoms with E-state index in [-0.39, 0.29) is 18.5 Å². The molecule has 0 aliphatic rings. The first-order valence-corrected chi connectivity index (χ1v) is 28.3. The first-order chi connectivity index (χ1) is 30.5. The van der Waals surface area contributed by atoms with Crippen molar-refractivity contribution in [1.29, 1.82) is 0 Å². The van der Waals surface area contributed by atoms with E-state index in [2.05, 4.69) is 19.2 Å². The quantitative estimate of drug-likeness (QED) is 0.0418. The minimum absolute atomic E-state index is 0.0122. The van der Waals surface area contributed by atoms with E-state index < -0.39 is 12.1 Å². The maximum atomic E-state index is 12.4. The molecular weight excluding hydrogens is 767 g/mol. The van der Waals surface area contributed by atoms with Gasteiger partial charge in [-0.25, -0.2) is 0 Å². The molecule has 0 heterocycles. The van der Waals surface area contributed by atoms with Crippen molar-refractivity contribution in [3.8, 4) is 0 Å². The van der Waals surface area contributed by atoms with Gasteiger partial charge in [0, 0.05) is 12.8 Å². The highest BCUT2D eigenvalue weighted by Gasteiger charge is 2.20.